The SMILES string of the molecule is CCNSCN1CCCC1. The monoisotopic (exact) mass is 160 g/mol. The molecule has 2 nitrogen and oxygen atoms in total. The molecule has 1 aliphatic heterocycles. The van der Waals surface area contributed by atoms with E-state index in [4.69, 9.17) is 0 Å². The molecule has 0 unspecified atom stereocenters. The van der Waals surface area contributed by atoms with Gasteiger partial charge in [0.15, 0.2) is 0 Å². The molecule has 0 aromatic rings. The highest BCUT2D eigenvalue weighted by Crippen LogP contribution is 2.09. The fourth-order valence-corrected chi connectivity index (χ4v) is 1.89. The molecule has 60 valence electrons. The average Bonchev–Trinajstić information content (AvgIpc) is 2.41. The van der Waals surface area contributed by atoms with Crippen LogP contribution < -0.4 is 4.72 Å². The van der Waals surface area contributed by atoms with Gasteiger partial charge in [0.25, 0.3) is 0 Å². The van der Waals surface area contributed by atoms with Gasteiger partial charge < -0.3 is 0 Å². The number of nitrogens with one attached hydrogen (secondary N) is 1. The maximum atomic E-state index is 3.25. The van der Waals surface area contributed by atoms with Gasteiger partial charge in [0, 0.05) is 6.54 Å². The molecule has 0 aromatic heterocycles. The smallest absolute Gasteiger partial charge is 0.0590 e. The lowest BCUT2D eigenvalue weighted by Gasteiger charge is -2.12. The third kappa shape index (κ3) is 2.90. The molecule has 0 aliphatic carbocycles. The number of hydrogen-bond acceptors (Lipinski definition) is 3. The van der Waals surface area contributed by atoms with E-state index >= 15 is 0 Å². The fourth-order valence-electron chi connectivity index (χ4n) is 1.15. The van der Waals surface area contributed by atoms with Gasteiger partial charge in [0.05, 0.1) is 5.88 Å². The van der Waals surface area contributed by atoms with Crippen LogP contribution >= 0.6 is 11.9 Å². The van der Waals surface area contributed by atoms with Gasteiger partial charge >= 0.3 is 0 Å². The van der Waals surface area contributed by atoms with E-state index in [2.05, 4.69) is 16.5 Å². The summed E-state index contributed by atoms with van der Waals surface area (Å²) >= 11 is 1.83. The van der Waals surface area contributed by atoms with Crippen LogP contribution in [-0.2, 0) is 0 Å². The van der Waals surface area contributed by atoms with E-state index in [0.717, 1.165) is 12.4 Å². The summed E-state index contributed by atoms with van der Waals surface area (Å²) in [4.78, 5) is 2.49. The molecule has 3 heteroatoms. The zero-order chi connectivity index (χ0) is 7.23. The molecule has 10 heavy (non-hydrogen) atoms. The lowest BCUT2D eigenvalue weighted by molar-refractivity contribution is 0.400. The zero-order valence-corrected chi connectivity index (χ0v) is 7.41. The molecule has 1 N–H and O–H groups in total. The van der Waals surface area contributed by atoms with Crippen LogP contribution in [0.1, 0.15) is 19.8 Å². The van der Waals surface area contributed by atoms with E-state index < -0.39 is 0 Å². The van der Waals surface area contributed by atoms with Crippen molar-refractivity contribution in [2.45, 2.75) is 19.8 Å². The van der Waals surface area contributed by atoms with E-state index in [-0.39, 0.29) is 0 Å². The second kappa shape index (κ2) is 4.99. The van der Waals surface area contributed by atoms with Crippen LogP contribution in [0.25, 0.3) is 0 Å². The highest BCUT2D eigenvalue weighted by molar-refractivity contribution is 7.97. The van der Waals surface area contributed by atoms with Crippen LogP contribution in [0.3, 0.4) is 0 Å². The Bertz CT molecular complexity index is 81.7. The Labute approximate surface area is 67.5 Å². The van der Waals surface area contributed by atoms with Crippen LogP contribution in [-0.4, -0.2) is 30.4 Å². The van der Waals surface area contributed by atoms with Crippen molar-refractivity contribution in [2.75, 3.05) is 25.5 Å². The Hall–Kier alpha value is 0.270. The fraction of sp³-hybridized carbons (Fsp3) is 1.00. The van der Waals surface area contributed by atoms with E-state index in [1.165, 1.54) is 25.9 Å². The first-order chi connectivity index (χ1) is 4.93. The van der Waals surface area contributed by atoms with E-state index in [1.807, 2.05) is 11.9 Å². The van der Waals surface area contributed by atoms with Gasteiger partial charge in [0.1, 0.15) is 0 Å². The Balaban J connectivity index is 1.91. The zero-order valence-electron chi connectivity index (χ0n) is 6.60. The summed E-state index contributed by atoms with van der Waals surface area (Å²) in [6.45, 7) is 5.81. The number of rotatable bonds is 4. The first kappa shape index (κ1) is 8.37. The molecule has 1 saturated heterocycles. The second-order valence-corrected chi connectivity index (χ2v) is 3.43. The Morgan fingerprint density at radius 1 is 1.40 bits per heavy atom. The largest absolute Gasteiger partial charge is 0.293 e. The van der Waals surface area contributed by atoms with Crippen LogP contribution in [0.2, 0.25) is 0 Å². The minimum atomic E-state index is 1.07. The summed E-state index contributed by atoms with van der Waals surface area (Å²) in [5, 5.41) is 0. The summed E-state index contributed by atoms with van der Waals surface area (Å²) in [6.07, 6.45) is 2.79. The maximum Gasteiger partial charge on any atom is 0.0590 e. The van der Waals surface area contributed by atoms with Crippen LogP contribution in [0, 0.1) is 0 Å². The summed E-state index contributed by atoms with van der Waals surface area (Å²) in [5.41, 5.74) is 0. The first-order valence-electron chi connectivity index (χ1n) is 4.00. The molecule has 0 saturated carbocycles. The third-order valence-electron chi connectivity index (χ3n) is 1.69. The predicted molar refractivity (Wildman–Crippen MR) is 46.9 cm³/mol. The minimum absolute atomic E-state index is 1.07. The van der Waals surface area contributed by atoms with Gasteiger partial charge in [-0.05, 0) is 25.9 Å². The summed E-state index contributed by atoms with van der Waals surface area (Å²) in [7, 11) is 0. The van der Waals surface area contributed by atoms with Crippen LogP contribution in [0.4, 0.5) is 0 Å². The molecule has 0 bridgehead atoms. The Morgan fingerprint density at radius 2 is 2.10 bits per heavy atom. The lowest BCUT2D eigenvalue weighted by atomic mass is 10.4. The predicted octanol–water partition coefficient (Wildman–Crippen LogP) is 1.30. The highest BCUT2D eigenvalue weighted by atomic mass is 32.2. The highest BCUT2D eigenvalue weighted by Gasteiger charge is 2.09. The molecular formula is C7H16N2S. The topological polar surface area (TPSA) is 15.3 Å². The molecule has 0 amide bonds. The van der Waals surface area contributed by atoms with Crippen molar-refractivity contribution >= 4 is 11.9 Å². The molecule has 0 aromatic carbocycles. The normalized spacial score (nSPS) is 20.1. The van der Waals surface area contributed by atoms with Crippen molar-refractivity contribution in [3.8, 4) is 0 Å². The van der Waals surface area contributed by atoms with Crippen molar-refractivity contribution in [1.29, 1.82) is 0 Å². The van der Waals surface area contributed by atoms with Gasteiger partial charge in [0.2, 0.25) is 0 Å². The van der Waals surface area contributed by atoms with Crippen molar-refractivity contribution in [3.63, 3.8) is 0 Å². The van der Waals surface area contributed by atoms with E-state index in [1.54, 1.807) is 0 Å². The summed E-state index contributed by atoms with van der Waals surface area (Å²) in [6, 6.07) is 0. The first-order valence-corrected chi connectivity index (χ1v) is 4.99. The van der Waals surface area contributed by atoms with Crippen molar-refractivity contribution in [3.05, 3.63) is 0 Å². The molecule has 0 atom stereocenters. The Kier molecular flexibility index (Phi) is 4.18. The molecule has 1 aliphatic rings. The van der Waals surface area contributed by atoms with Gasteiger partial charge in [-0.2, -0.15) is 0 Å². The molecule has 1 fully saturated rings. The summed E-state index contributed by atoms with van der Waals surface area (Å²) in [5.74, 6) is 1.16. The molecule has 1 rings (SSSR count). The molecule has 1 heterocycles. The number of hydrogen-bond donors (Lipinski definition) is 1. The van der Waals surface area contributed by atoms with Crippen LogP contribution in [0.5, 0.6) is 0 Å². The van der Waals surface area contributed by atoms with Crippen molar-refractivity contribution in [1.82, 2.24) is 9.62 Å². The minimum Gasteiger partial charge on any atom is -0.293 e. The molecular weight excluding hydrogens is 144 g/mol. The van der Waals surface area contributed by atoms with E-state index in [9.17, 15) is 0 Å². The quantitative estimate of drug-likeness (QED) is 0.493. The van der Waals surface area contributed by atoms with Crippen molar-refractivity contribution in [2.24, 2.45) is 0 Å². The van der Waals surface area contributed by atoms with Gasteiger partial charge in [-0.25, -0.2) is 0 Å². The molecule has 0 spiro atoms. The summed E-state index contributed by atoms with van der Waals surface area (Å²) < 4.78 is 3.25. The lowest BCUT2D eigenvalue weighted by Crippen LogP contribution is -2.20. The average molecular weight is 160 g/mol. The third-order valence-corrected chi connectivity index (χ3v) is 2.68. The van der Waals surface area contributed by atoms with Gasteiger partial charge in [-0.1, -0.05) is 18.9 Å². The van der Waals surface area contributed by atoms with Gasteiger partial charge in [-0.3, -0.25) is 9.62 Å². The molecule has 0 radical (unpaired) electrons. The standard InChI is InChI=1S/C7H16N2S/c1-2-8-10-7-9-5-3-4-6-9/h8H,2-7H2,1H3. The second-order valence-electron chi connectivity index (χ2n) is 2.60. The maximum absolute atomic E-state index is 3.25. The van der Waals surface area contributed by atoms with Gasteiger partial charge in [-0.15, -0.1) is 0 Å². The number of nitrogens with zero attached hydrogens (tertiary/aromatic N) is 1. The Morgan fingerprint density at radius 3 is 2.70 bits per heavy atom. The van der Waals surface area contributed by atoms with E-state index in [0.29, 0.717) is 0 Å². The van der Waals surface area contributed by atoms with Crippen LogP contribution in [0.15, 0.2) is 0 Å². The van der Waals surface area contributed by atoms with Crippen molar-refractivity contribution < 1.29 is 0 Å². The number of likely N-dealkylation sites (tertiary alicyclic amines) is 1.